The van der Waals surface area contributed by atoms with E-state index < -0.39 is 0 Å². The summed E-state index contributed by atoms with van der Waals surface area (Å²) in [5, 5.41) is 3.29. The standard InChI is InChI=1S/C29H34N6O2/c1-19-5-8-24(9-6-19)31-29-30-22(4)16-26(32-29)33-11-13-34(14-12-33)28(37)23-17-27(36)35(18-23)25-10-7-20(2)21(3)15-25/h5-10,15-16,23H,11-14,17-18H2,1-4H3,(H,30,31,32). The minimum Gasteiger partial charge on any atom is -0.353 e. The second-order valence-corrected chi connectivity index (χ2v) is 10.2. The van der Waals surface area contributed by atoms with Gasteiger partial charge in [-0.3, -0.25) is 9.59 Å². The first-order valence-corrected chi connectivity index (χ1v) is 12.9. The number of hydrogen-bond donors (Lipinski definition) is 1. The SMILES string of the molecule is Cc1ccc(Nc2nc(C)cc(N3CCN(C(=O)C4CC(=O)N(c5ccc(C)c(C)c5)C4)CC3)n2)cc1. The lowest BCUT2D eigenvalue weighted by Crippen LogP contribution is -2.51. The van der Waals surface area contributed by atoms with Crippen molar-refractivity contribution in [3.05, 3.63) is 70.9 Å². The maximum Gasteiger partial charge on any atom is 0.229 e. The summed E-state index contributed by atoms with van der Waals surface area (Å²) >= 11 is 0. The van der Waals surface area contributed by atoms with Crippen molar-refractivity contribution < 1.29 is 9.59 Å². The number of aryl methyl sites for hydroxylation is 4. The zero-order chi connectivity index (χ0) is 26.1. The number of benzene rings is 2. The van der Waals surface area contributed by atoms with E-state index in [9.17, 15) is 9.59 Å². The van der Waals surface area contributed by atoms with Crippen LogP contribution in [0.5, 0.6) is 0 Å². The molecule has 37 heavy (non-hydrogen) atoms. The molecule has 0 bridgehead atoms. The minimum absolute atomic E-state index is 0.0188. The average molecular weight is 499 g/mol. The molecule has 0 spiro atoms. The summed E-state index contributed by atoms with van der Waals surface area (Å²) in [5.74, 6) is 1.21. The van der Waals surface area contributed by atoms with Crippen LogP contribution in [0.3, 0.4) is 0 Å². The second kappa shape index (κ2) is 10.2. The Morgan fingerprint density at radius 3 is 2.32 bits per heavy atom. The highest BCUT2D eigenvalue weighted by Crippen LogP contribution is 2.28. The van der Waals surface area contributed by atoms with E-state index in [0.29, 0.717) is 38.7 Å². The molecule has 2 saturated heterocycles. The molecule has 192 valence electrons. The molecule has 8 nitrogen and oxygen atoms in total. The van der Waals surface area contributed by atoms with Crippen LogP contribution in [0.15, 0.2) is 48.5 Å². The van der Waals surface area contributed by atoms with E-state index >= 15 is 0 Å². The molecular formula is C29H34N6O2. The fraction of sp³-hybridized carbons (Fsp3) is 0.379. The molecule has 1 aromatic heterocycles. The van der Waals surface area contributed by atoms with Crippen LogP contribution in [-0.4, -0.2) is 59.4 Å². The van der Waals surface area contributed by atoms with E-state index in [1.165, 1.54) is 11.1 Å². The number of hydrogen-bond acceptors (Lipinski definition) is 6. The third-order valence-corrected chi connectivity index (χ3v) is 7.34. The van der Waals surface area contributed by atoms with Crippen molar-refractivity contribution in [1.82, 2.24) is 14.9 Å². The lowest BCUT2D eigenvalue weighted by Gasteiger charge is -2.36. The van der Waals surface area contributed by atoms with Gasteiger partial charge in [-0.15, -0.1) is 0 Å². The maximum absolute atomic E-state index is 13.3. The van der Waals surface area contributed by atoms with Crippen LogP contribution >= 0.6 is 0 Å². The van der Waals surface area contributed by atoms with Crippen LogP contribution in [0.1, 0.15) is 28.8 Å². The Kier molecular flexibility index (Phi) is 6.82. The molecule has 0 aliphatic carbocycles. The Morgan fingerprint density at radius 1 is 0.892 bits per heavy atom. The molecule has 0 saturated carbocycles. The molecule has 2 aliphatic heterocycles. The zero-order valence-corrected chi connectivity index (χ0v) is 22.0. The third-order valence-electron chi connectivity index (χ3n) is 7.34. The van der Waals surface area contributed by atoms with Gasteiger partial charge in [0.05, 0.1) is 5.92 Å². The second-order valence-electron chi connectivity index (χ2n) is 10.2. The average Bonchev–Trinajstić information content (AvgIpc) is 3.28. The summed E-state index contributed by atoms with van der Waals surface area (Å²) in [6, 6.07) is 16.1. The number of anilines is 4. The molecule has 3 heterocycles. The molecule has 2 aliphatic rings. The topological polar surface area (TPSA) is 81.7 Å². The summed E-state index contributed by atoms with van der Waals surface area (Å²) in [6.07, 6.45) is 0.269. The number of carbonyl (C=O) groups is 2. The van der Waals surface area contributed by atoms with E-state index in [4.69, 9.17) is 4.98 Å². The van der Waals surface area contributed by atoms with Gasteiger partial charge < -0.3 is 20.0 Å². The molecule has 1 unspecified atom stereocenters. The predicted molar refractivity (Wildman–Crippen MR) is 146 cm³/mol. The van der Waals surface area contributed by atoms with E-state index in [0.717, 1.165) is 28.5 Å². The Balaban J connectivity index is 1.20. The number of piperazine rings is 1. The lowest BCUT2D eigenvalue weighted by atomic mass is 10.1. The number of aromatic nitrogens is 2. The molecule has 3 aromatic rings. The molecule has 2 fully saturated rings. The zero-order valence-electron chi connectivity index (χ0n) is 22.0. The van der Waals surface area contributed by atoms with Crippen LogP contribution in [0.4, 0.5) is 23.1 Å². The van der Waals surface area contributed by atoms with Crippen molar-refractivity contribution in [1.29, 1.82) is 0 Å². The Labute approximate surface area is 218 Å². The molecule has 0 radical (unpaired) electrons. The quantitative estimate of drug-likeness (QED) is 0.569. The number of amides is 2. The summed E-state index contributed by atoms with van der Waals surface area (Å²) in [7, 11) is 0. The largest absolute Gasteiger partial charge is 0.353 e. The molecule has 5 rings (SSSR count). The predicted octanol–water partition coefficient (Wildman–Crippen LogP) is 4.16. The number of nitrogens with one attached hydrogen (secondary N) is 1. The van der Waals surface area contributed by atoms with Gasteiger partial charge in [0.2, 0.25) is 17.8 Å². The van der Waals surface area contributed by atoms with Gasteiger partial charge >= 0.3 is 0 Å². The highest BCUT2D eigenvalue weighted by Gasteiger charge is 2.38. The third kappa shape index (κ3) is 5.43. The first-order chi connectivity index (χ1) is 17.8. The fourth-order valence-corrected chi connectivity index (χ4v) is 4.97. The first-order valence-electron chi connectivity index (χ1n) is 12.9. The van der Waals surface area contributed by atoms with Crippen molar-refractivity contribution in [2.75, 3.05) is 47.8 Å². The smallest absolute Gasteiger partial charge is 0.229 e. The van der Waals surface area contributed by atoms with Gasteiger partial charge in [0, 0.05) is 62.3 Å². The number of nitrogens with zero attached hydrogens (tertiary/aromatic N) is 5. The molecule has 2 amide bonds. The van der Waals surface area contributed by atoms with Crippen LogP contribution in [0.2, 0.25) is 0 Å². The van der Waals surface area contributed by atoms with E-state index in [1.54, 1.807) is 4.90 Å². The van der Waals surface area contributed by atoms with Crippen LogP contribution < -0.4 is 15.1 Å². The fourth-order valence-electron chi connectivity index (χ4n) is 4.97. The maximum atomic E-state index is 13.3. The van der Waals surface area contributed by atoms with Gasteiger partial charge in [-0.05, 0) is 63.1 Å². The highest BCUT2D eigenvalue weighted by molar-refractivity contribution is 6.00. The number of rotatable bonds is 5. The highest BCUT2D eigenvalue weighted by atomic mass is 16.2. The van der Waals surface area contributed by atoms with Crippen molar-refractivity contribution >= 4 is 35.0 Å². The van der Waals surface area contributed by atoms with Gasteiger partial charge in [0.25, 0.3) is 0 Å². The number of carbonyl (C=O) groups excluding carboxylic acids is 2. The Morgan fingerprint density at radius 2 is 1.62 bits per heavy atom. The summed E-state index contributed by atoms with van der Waals surface area (Å²) in [4.78, 5) is 41.2. The van der Waals surface area contributed by atoms with E-state index in [2.05, 4.69) is 29.0 Å². The molecule has 8 heteroatoms. The minimum atomic E-state index is -0.299. The molecular weight excluding hydrogens is 464 g/mol. The van der Waals surface area contributed by atoms with Gasteiger partial charge in [-0.2, -0.15) is 4.98 Å². The molecule has 1 atom stereocenters. The normalized spacial score (nSPS) is 17.9. The van der Waals surface area contributed by atoms with Crippen LogP contribution in [0, 0.1) is 33.6 Å². The Bertz CT molecular complexity index is 1310. The monoisotopic (exact) mass is 498 g/mol. The van der Waals surface area contributed by atoms with Crippen molar-refractivity contribution in [2.45, 2.75) is 34.1 Å². The van der Waals surface area contributed by atoms with E-state index in [1.807, 2.05) is 67.3 Å². The summed E-state index contributed by atoms with van der Waals surface area (Å²) in [6.45, 7) is 11.2. The van der Waals surface area contributed by atoms with Crippen molar-refractivity contribution in [3.63, 3.8) is 0 Å². The van der Waals surface area contributed by atoms with Gasteiger partial charge in [0.1, 0.15) is 5.82 Å². The summed E-state index contributed by atoms with van der Waals surface area (Å²) < 4.78 is 0. The molecule has 1 N–H and O–H groups in total. The summed E-state index contributed by atoms with van der Waals surface area (Å²) in [5.41, 5.74) is 6.24. The van der Waals surface area contributed by atoms with E-state index in [-0.39, 0.29) is 24.2 Å². The van der Waals surface area contributed by atoms with Gasteiger partial charge in [-0.1, -0.05) is 23.8 Å². The van der Waals surface area contributed by atoms with Crippen LogP contribution in [0.25, 0.3) is 0 Å². The first kappa shape index (κ1) is 24.7. The van der Waals surface area contributed by atoms with Gasteiger partial charge in [0.15, 0.2) is 0 Å². The molecule has 2 aromatic carbocycles. The Hall–Kier alpha value is -3.94. The van der Waals surface area contributed by atoms with Gasteiger partial charge in [-0.25, -0.2) is 4.98 Å². The van der Waals surface area contributed by atoms with Crippen molar-refractivity contribution in [3.8, 4) is 0 Å². The van der Waals surface area contributed by atoms with Crippen molar-refractivity contribution in [2.24, 2.45) is 5.92 Å². The van der Waals surface area contributed by atoms with Crippen LogP contribution in [-0.2, 0) is 9.59 Å². The lowest BCUT2D eigenvalue weighted by molar-refractivity contribution is -0.136.